The summed E-state index contributed by atoms with van der Waals surface area (Å²) in [6.07, 6.45) is 1.06. The van der Waals surface area contributed by atoms with Gasteiger partial charge >= 0.3 is 0 Å². The third kappa shape index (κ3) is 2.74. The molecule has 0 aliphatic carbocycles. The van der Waals surface area contributed by atoms with Crippen LogP contribution in [0.3, 0.4) is 0 Å². The van der Waals surface area contributed by atoms with Gasteiger partial charge in [0.1, 0.15) is 0 Å². The summed E-state index contributed by atoms with van der Waals surface area (Å²) in [6, 6.07) is -0.227. The Labute approximate surface area is 111 Å². The van der Waals surface area contributed by atoms with E-state index in [0.717, 1.165) is 24.4 Å². The minimum Gasteiger partial charge on any atom is -0.378 e. The Bertz CT molecular complexity index is 439. The van der Waals surface area contributed by atoms with Crippen molar-refractivity contribution in [2.75, 3.05) is 19.8 Å². The largest absolute Gasteiger partial charge is 0.378 e. The zero-order chi connectivity index (χ0) is 13.1. The lowest BCUT2D eigenvalue weighted by Crippen LogP contribution is -2.47. The standard InChI is InChI=1S/C12H18ClN3O2/c1-3-8-12(13)10(16(2)15-8)6-11(17)9-7-18-5-4-14-9/h9,14H,3-7H2,1-2H3. The van der Waals surface area contributed by atoms with E-state index in [9.17, 15) is 4.79 Å². The van der Waals surface area contributed by atoms with Gasteiger partial charge in [-0.2, -0.15) is 5.10 Å². The van der Waals surface area contributed by atoms with Crippen LogP contribution in [0.4, 0.5) is 0 Å². The van der Waals surface area contributed by atoms with Crippen molar-refractivity contribution in [3.8, 4) is 0 Å². The predicted molar refractivity (Wildman–Crippen MR) is 68.9 cm³/mol. The predicted octanol–water partition coefficient (Wildman–Crippen LogP) is 0.736. The molecule has 1 aromatic rings. The van der Waals surface area contributed by atoms with Crippen LogP contribution in [0, 0.1) is 0 Å². The lowest BCUT2D eigenvalue weighted by atomic mass is 10.1. The molecule has 1 aromatic heterocycles. The second kappa shape index (κ2) is 5.82. The molecule has 0 spiro atoms. The third-order valence-electron chi connectivity index (χ3n) is 3.15. The Morgan fingerprint density at radius 3 is 3.00 bits per heavy atom. The van der Waals surface area contributed by atoms with Crippen molar-refractivity contribution in [1.82, 2.24) is 15.1 Å². The molecule has 0 bridgehead atoms. The first kappa shape index (κ1) is 13.5. The fraction of sp³-hybridized carbons (Fsp3) is 0.667. The number of hydrogen-bond donors (Lipinski definition) is 1. The van der Waals surface area contributed by atoms with Crippen molar-refractivity contribution in [1.29, 1.82) is 0 Å². The third-order valence-corrected chi connectivity index (χ3v) is 3.59. The molecule has 5 nitrogen and oxygen atoms in total. The number of halogens is 1. The van der Waals surface area contributed by atoms with E-state index in [0.29, 0.717) is 24.7 Å². The molecule has 0 aromatic carbocycles. The minimum absolute atomic E-state index is 0.0993. The van der Waals surface area contributed by atoms with Crippen LogP contribution in [0.15, 0.2) is 0 Å². The van der Waals surface area contributed by atoms with E-state index >= 15 is 0 Å². The number of ether oxygens (including phenoxy) is 1. The molecule has 100 valence electrons. The summed E-state index contributed by atoms with van der Waals surface area (Å²) in [6.45, 7) is 3.82. The number of rotatable bonds is 4. The number of aryl methyl sites for hydroxylation is 2. The van der Waals surface area contributed by atoms with Gasteiger partial charge in [-0.3, -0.25) is 9.48 Å². The lowest BCUT2D eigenvalue weighted by molar-refractivity contribution is -0.123. The van der Waals surface area contributed by atoms with Gasteiger partial charge in [0.05, 0.1) is 42.1 Å². The molecule has 0 radical (unpaired) electrons. The normalized spacial score (nSPS) is 20.1. The molecular formula is C12H18ClN3O2. The number of morpholine rings is 1. The van der Waals surface area contributed by atoms with E-state index in [-0.39, 0.29) is 11.8 Å². The highest BCUT2D eigenvalue weighted by molar-refractivity contribution is 6.32. The van der Waals surface area contributed by atoms with Crippen molar-refractivity contribution < 1.29 is 9.53 Å². The number of nitrogens with one attached hydrogen (secondary N) is 1. The molecule has 0 saturated carbocycles. The molecular weight excluding hydrogens is 254 g/mol. The quantitative estimate of drug-likeness (QED) is 0.877. The van der Waals surface area contributed by atoms with E-state index in [4.69, 9.17) is 16.3 Å². The molecule has 0 amide bonds. The Kier molecular flexibility index (Phi) is 4.37. The Morgan fingerprint density at radius 1 is 1.67 bits per heavy atom. The summed E-state index contributed by atoms with van der Waals surface area (Å²) in [4.78, 5) is 12.1. The number of ketones is 1. The van der Waals surface area contributed by atoms with E-state index < -0.39 is 0 Å². The molecule has 18 heavy (non-hydrogen) atoms. The molecule has 1 aliphatic heterocycles. The number of carbonyl (C=O) groups excluding carboxylic acids is 1. The number of Topliss-reactive ketones (excluding diaryl/α,β-unsaturated/α-hetero) is 1. The van der Waals surface area contributed by atoms with Gasteiger partial charge in [-0.25, -0.2) is 0 Å². The van der Waals surface area contributed by atoms with Crippen molar-refractivity contribution >= 4 is 17.4 Å². The SMILES string of the molecule is CCc1nn(C)c(CC(=O)C2COCCN2)c1Cl. The van der Waals surface area contributed by atoms with Gasteiger partial charge in [-0.05, 0) is 6.42 Å². The van der Waals surface area contributed by atoms with Crippen LogP contribution in [0.5, 0.6) is 0 Å². The van der Waals surface area contributed by atoms with Crippen molar-refractivity contribution in [3.63, 3.8) is 0 Å². The van der Waals surface area contributed by atoms with Gasteiger partial charge in [0.25, 0.3) is 0 Å². The summed E-state index contributed by atoms with van der Waals surface area (Å²) in [5, 5.41) is 8.08. The van der Waals surface area contributed by atoms with E-state index in [2.05, 4.69) is 10.4 Å². The second-order valence-corrected chi connectivity index (χ2v) is 4.79. The molecule has 1 atom stereocenters. The van der Waals surface area contributed by atoms with Crippen LogP contribution in [0.25, 0.3) is 0 Å². The zero-order valence-electron chi connectivity index (χ0n) is 10.7. The minimum atomic E-state index is -0.227. The average Bonchev–Trinajstić information content (AvgIpc) is 2.67. The molecule has 1 N–H and O–H groups in total. The summed E-state index contributed by atoms with van der Waals surface area (Å²) >= 11 is 6.23. The van der Waals surface area contributed by atoms with Crippen molar-refractivity contribution in [2.24, 2.45) is 7.05 Å². The number of hydrogen-bond acceptors (Lipinski definition) is 4. The van der Waals surface area contributed by atoms with E-state index in [1.807, 2.05) is 14.0 Å². The number of carbonyl (C=O) groups is 1. The van der Waals surface area contributed by atoms with Crippen LogP contribution in [-0.2, 0) is 29.4 Å². The van der Waals surface area contributed by atoms with Crippen molar-refractivity contribution in [2.45, 2.75) is 25.8 Å². The van der Waals surface area contributed by atoms with Crippen LogP contribution in [-0.4, -0.2) is 41.4 Å². The highest BCUT2D eigenvalue weighted by Crippen LogP contribution is 2.21. The van der Waals surface area contributed by atoms with E-state index in [1.54, 1.807) is 4.68 Å². The van der Waals surface area contributed by atoms with Gasteiger partial charge in [-0.1, -0.05) is 18.5 Å². The first-order chi connectivity index (χ1) is 8.63. The fourth-order valence-electron chi connectivity index (χ4n) is 2.07. The van der Waals surface area contributed by atoms with Gasteiger partial charge in [0.15, 0.2) is 5.78 Å². The monoisotopic (exact) mass is 271 g/mol. The molecule has 1 saturated heterocycles. The fourth-order valence-corrected chi connectivity index (χ4v) is 2.43. The number of aromatic nitrogens is 2. The molecule has 1 fully saturated rings. The highest BCUT2D eigenvalue weighted by Gasteiger charge is 2.24. The maximum atomic E-state index is 12.1. The zero-order valence-corrected chi connectivity index (χ0v) is 11.5. The van der Waals surface area contributed by atoms with Gasteiger partial charge in [0, 0.05) is 13.6 Å². The van der Waals surface area contributed by atoms with Crippen LogP contribution >= 0.6 is 11.6 Å². The topological polar surface area (TPSA) is 56.2 Å². The maximum Gasteiger partial charge on any atom is 0.158 e. The Morgan fingerprint density at radius 2 is 2.44 bits per heavy atom. The summed E-state index contributed by atoms with van der Waals surface area (Å²) in [5.74, 6) is 0.0993. The lowest BCUT2D eigenvalue weighted by Gasteiger charge is -2.22. The van der Waals surface area contributed by atoms with Crippen LogP contribution in [0.2, 0.25) is 5.02 Å². The van der Waals surface area contributed by atoms with Crippen molar-refractivity contribution in [3.05, 3.63) is 16.4 Å². The molecule has 1 unspecified atom stereocenters. The van der Waals surface area contributed by atoms with Gasteiger partial charge in [0.2, 0.25) is 0 Å². The van der Waals surface area contributed by atoms with E-state index in [1.165, 1.54) is 0 Å². The maximum absolute atomic E-state index is 12.1. The first-order valence-electron chi connectivity index (χ1n) is 6.17. The summed E-state index contributed by atoms with van der Waals surface area (Å²) < 4.78 is 6.99. The summed E-state index contributed by atoms with van der Waals surface area (Å²) in [5.41, 5.74) is 1.63. The van der Waals surface area contributed by atoms with Gasteiger partial charge in [-0.15, -0.1) is 0 Å². The Balaban J connectivity index is 2.08. The highest BCUT2D eigenvalue weighted by atomic mass is 35.5. The van der Waals surface area contributed by atoms with Crippen LogP contribution in [0.1, 0.15) is 18.3 Å². The molecule has 1 aliphatic rings. The first-order valence-corrected chi connectivity index (χ1v) is 6.55. The smallest absolute Gasteiger partial charge is 0.158 e. The molecule has 2 heterocycles. The Hall–Kier alpha value is -0.910. The average molecular weight is 272 g/mol. The second-order valence-electron chi connectivity index (χ2n) is 4.41. The van der Waals surface area contributed by atoms with Crippen LogP contribution < -0.4 is 5.32 Å². The number of nitrogens with zero attached hydrogens (tertiary/aromatic N) is 2. The van der Waals surface area contributed by atoms with Gasteiger partial charge < -0.3 is 10.1 Å². The molecule has 2 rings (SSSR count). The summed E-state index contributed by atoms with van der Waals surface area (Å²) in [7, 11) is 1.82. The molecule has 6 heteroatoms.